The van der Waals surface area contributed by atoms with E-state index < -0.39 is 26.7 Å². The number of benzene rings is 2. The number of alkyl halides is 3. The lowest BCUT2D eigenvalue weighted by atomic mass is 10.2. The lowest BCUT2D eigenvalue weighted by molar-refractivity contribution is -0.137. The zero-order valence-corrected chi connectivity index (χ0v) is 11.5. The fourth-order valence-electron chi connectivity index (χ4n) is 1.63. The monoisotopic (exact) mass is 314 g/mol. The Labute approximate surface area is 120 Å². The normalized spacial score (nSPS) is 12.2. The molecule has 3 nitrogen and oxygen atoms in total. The number of anilines is 1. The molecule has 0 fully saturated rings. The lowest BCUT2D eigenvalue weighted by Gasteiger charge is -2.11. The molecule has 21 heavy (non-hydrogen) atoms. The largest absolute Gasteiger partial charge is 0.416 e. The maximum absolute atomic E-state index is 12.6. The quantitative estimate of drug-likeness (QED) is 0.939. The summed E-state index contributed by atoms with van der Waals surface area (Å²) in [7, 11) is -4.08. The number of sulfonamides is 1. The number of hydrogen-bond donors (Lipinski definition) is 1. The van der Waals surface area contributed by atoms with Crippen molar-refractivity contribution in [1.29, 1.82) is 0 Å². The molecule has 0 unspecified atom stereocenters. The van der Waals surface area contributed by atoms with Crippen molar-refractivity contribution >= 4 is 15.7 Å². The average molecular weight is 314 g/mol. The van der Waals surface area contributed by atoms with Crippen molar-refractivity contribution in [1.82, 2.24) is 0 Å². The Morgan fingerprint density at radius 3 is 2.19 bits per heavy atom. The number of rotatable bonds is 3. The highest BCUT2D eigenvalue weighted by Gasteiger charge is 2.31. The summed E-state index contributed by atoms with van der Waals surface area (Å²) in [5.41, 5.74) is -0.0738. The first kappa shape index (κ1) is 15.4. The Morgan fingerprint density at radius 2 is 1.62 bits per heavy atom. The smallest absolute Gasteiger partial charge is 0.280 e. The first-order valence-electron chi connectivity index (χ1n) is 5.80. The van der Waals surface area contributed by atoms with Crippen LogP contribution < -0.4 is 4.72 Å². The van der Waals surface area contributed by atoms with Crippen molar-refractivity contribution in [3.63, 3.8) is 0 Å². The van der Waals surface area contributed by atoms with Gasteiger partial charge in [-0.05, 0) is 42.8 Å². The summed E-state index contributed by atoms with van der Waals surface area (Å²) in [6.07, 6.45) is -4.60. The van der Waals surface area contributed by atoms with Gasteiger partial charge in [-0.25, -0.2) is 8.42 Å². The highest BCUT2D eigenvalue weighted by molar-refractivity contribution is 7.92. The second-order valence-corrected chi connectivity index (χ2v) is 6.01. The van der Waals surface area contributed by atoms with Gasteiger partial charge in [0.2, 0.25) is 0 Å². The van der Waals surface area contributed by atoms with E-state index in [0.29, 0.717) is 11.6 Å². The van der Waals surface area contributed by atoms with Gasteiger partial charge in [0, 0.05) is 5.69 Å². The molecule has 2 aromatic carbocycles. The topological polar surface area (TPSA) is 46.2 Å². The molecule has 2 rings (SSSR count). The van der Waals surface area contributed by atoms with Crippen LogP contribution in [0.25, 0.3) is 0 Å². The van der Waals surface area contributed by atoms with E-state index in [-0.39, 0.29) is 5.69 Å². The van der Waals surface area contributed by atoms with Crippen molar-refractivity contribution in [2.24, 2.45) is 0 Å². The molecule has 0 bridgehead atoms. The Kier molecular flexibility index (Phi) is 3.95. The third-order valence-corrected chi connectivity index (χ3v) is 4.06. The van der Waals surface area contributed by atoms with E-state index in [2.05, 4.69) is 11.6 Å². The Balaban J connectivity index is 2.34. The fourth-order valence-corrected chi connectivity index (χ4v) is 2.73. The van der Waals surface area contributed by atoms with Gasteiger partial charge in [0.25, 0.3) is 10.0 Å². The summed E-state index contributed by atoms with van der Waals surface area (Å²) in [6.45, 7) is 3.65. The molecule has 0 amide bonds. The molecule has 0 aliphatic rings. The minimum atomic E-state index is -4.60. The Hall–Kier alpha value is -2.02. The van der Waals surface area contributed by atoms with Gasteiger partial charge < -0.3 is 0 Å². The van der Waals surface area contributed by atoms with Crippen LogP contribution in [0.4, 0.5) is 18.9 Å². The molecular formula is C14H11F3NO2S. The van der Waals surface area contributed by atoms with Crippen LogP contribution in [-0.2, 0) is 16.2 Å². The second kappa shape index (κ2) is 5.40. The Bertz CT molecular complexity index is 738. The molecular weight excluding hydrogens is 303 g/mol. The van der Waals surface area contributed by atoms with E-state index in [1.165, 1.54) is 12.1 Å². The van der Waals surface area contributed by atoms with E-state index in [1.807, 2.05) is 0 Å². The minimum Gasteiger partial charge on any atom is -0.280 e. The highest BCUT2D eigenvalue weighted by Crippen LogP contribution is 2.30. The van der Waals surface area contributed by atoms with Crippen LogP contribution in [0, 0.1) is 6.92 Å². The summed E-state index contributed by atoms with van der Waals surface area (Å²) >= 11 is 0. The van der Waals surface area contributed by atoms with Crippen molar-refractivity contribution in [3.05, 3.63) is 66.6 Å². The third kappa shape index (κ3) is 3.75. The minimum absolute atomic E-state index is 0.250. The SMILES string of the molecule is [CH2]c1ccc(NS(=O)(=O)c2cccc(C(F)(F)F)c2)cc1. The van der Waals surface area contributed by atoms with Crippen molar-refractivity contribution in [2.45, 2.75) is 11.1 Å². The maximum atomic E-state index is 12.6. The summed E-state index contributed by atoms with van der Waals surface area (Å²) < 4.78 is 64.2. The van der Waals surface area contributed by atoms with E-state index in [1.54, 1.807) is 12.1 Å². The van der Waals surface area contributed by atoms with Crippen LogP contribution >= 0.6 is 0 Å². The van der Waals surface area contributed by atoms with E-state index >= 15 is 0 Å². The number of nitrogens with one attached hydrogen (secondary N) is 1. The third-order valence-electron chi connectivity index (χ3n) is 2.68. The highest BCUT2D eigenvalue weighted by atomic mass is 32.2. The summed E-state index contributed by atoms with van der Waals surface area (Å²) in [6, 6.07) is 9.70. The van der Waals surface area contributed by atoms with Gasteiger partial charge in [-0.1, -0.05) is 18.2 Å². The van der Waals surface area contributed by atoms with Crippen LogP contribution in [-0.4, -0.2) is 8.42 Å². The molecule has 111 valence electrons. The molecule has 1 radical (unpaired) electrons. The van der Waals surface area contributed by atoms with Crippen molar-refractivity contribution < 1.29 is 21.6 Å². The molecule has 0 aliphatic carbocycles. The molecule has 2 aromatic rings. The van der Waals surface area contributed by atoms with Gasteiger partial charge in [0.15, 0.2) is 0 Å². The maximum Gasteiger partial charge on any atom is 0.416 e. The Morgan fingerprint density at radius 1 is 1.00 bits per heavy atom. The molecule has 0 aliphatic heterocycles. The molecule has 0 saturated heterocycles. The average Bonchev–Trinajstić information content (AvgIpc) is 2.40. The lowest BCUT2D eigenvalue weighted by Crippen LogP contribution is -2.14. The predicted molar refractivity (Wildman–Crippen MR) is 73.2 cm³/mol. The van der Waals surface area contributed by atoms with Gasteiger partial charge in [-0.2, -0.15) is 13.2 Å². The van der Waals surface area contributed by atoms with Crippen LogP contribution in [0.15, 0.2) is 53.4 Å². The van der Waals surface area contributed by atoms with Crippen LogP contribution in [0.3, 0.4) is 0 Å². The molecule has 0 heterocycles. The fraction of sp³-hybridized carbons (Fsp3) is 0.0714. The van der Waals surface area contributed by atoms with E-state index in [0.717, 1.165) is 18.2 Å². The predicted octanol–water partition coefficient (Wildman–Crippen LogP) is 3.69. The summed E-state index contributed by atoms with van der Waals surface area (Å²) in [4.78, 5) is -0.448. The molecule has 0 atom stereocenters. The van der Waals surface area contributed by atoms with E-state index in [4.69, 9.17) is 0 Å². The van der Waals surface area contributed by atoms with Crippen LogP contribution in [0.2, 0.25) is 0 Å². The zero-order chi connectivity index (χ0) is 15.7. The van der Waals surface area contributed by atoms with Crippen LogP contribution in [0.1, 0.15) is 11.1 Å². The standard InChI is InChI=1S/C14H11F3NO2S/c1-10-5-7-12(8-6-10)18-21(19,20)13-4-2-3-11(9-13)14(15,16)17/h2-9,18H,1H2. The number of hydrogen-bond acceptors (Lipinski definition) is 2. The summed E-state index contributed by atoms with van der Waals surface area (Å²) in [5, 5.41) is 0. The molecule has 0 aromatic heterocycles. The van der Waals surface area contributed by atoms with Gasteiger partial charge >= 0.3 is 6.18 Å². The van der Waals surface area contributed by atoms with Gasteiger partial charge in [0.1, 0.15) is 0 Å². The second-order valence-electron chi connectivity index (χ2n) is 4.33. The molecule has 0 spiro atoms. The molecule has 7 heteroatoms. The first-order chi connectivity index (χ1) is 9.68. The van der Waals surface area contributed by atoms with Gasteiger partial charge in [0.05, 0.1) is 10.5 Å². The zero-order valence-electron chi connectivity index (χ0n) is 10.7. The van der Waals surface area contributed by atoms with Gasteiger partial charge in [-0.15, -0.1) is 0 Å². The van der Waals surface area contributed by atoms with Crippen LogP contribution in [0.5, 0.6) is 0 Å². The van der Waals surface area contributed by atoms with Crippen molar-refractivity contribution in [2.75, 3.05) is 4.72 Å². The number of halogens is 3. The van der Waals surface area contributed by atoms with Crippen molar-refractivity contribution in [3.8, 4) is 0 Å². The summed E-state index contributed by atoms with van der Waals surface area (Å²) in [5.74, 6) is 0. The van der Waals surface area contributed by atoms with Gasteiger partial charge in [-0.3, -0.25) is 4.72 Å². The molecule has 1 N–H and O–H groups in total. The van der Waals surface area contributed by atoms with E-state index in [9.17, 15) is 21.6 Å². The first-order valence-corrected chi connectivity index (χ1v) is 7.29. The molecule has 0 saturated carbocycles.